The van der Waals surface area contributed by atoms with E-state index in [1.807, 2.05) is 0 Å². The van der Waals surface area contributed by atoms with E-state index in [0.29, 0.717) is 6.04 Å². The summed E-state index contributed by atoms with van der Waals surface area (Å²) in [6.07, 6.45) is -0.747. The van der Waals surface area contributed by atoms with E-state index in [-0.39, 0.29) is 9.79 Å². The molecule has 0 heterocycles. The number of hydrogen-bond acceptors (Lipinski definition) is 6. The lowest BCUT2D eigenvalue weighted by Crippen LogP contribution is -2.46. The van der Waals surface area contributed by atoms with Crippen LogP contribution in [0.25, 0.3) is 0 Å². The molecule has 0 saturated heterocycles. The second-order valence-corrected chi connectivity index (χ2v) is 20.1. The van der Waals surface area contributed by atoms with E-state index in [2.05, 4.69) is 24.4 Å². The van der Waals surface area contributed by atoms with E-state index < -0.39 is 63.4 Å². The number of allylic oxidation sites excluding steroid dienone is 3. The van der Waals surface area contributed by atoms with Gasteiger partial charge in [0.1, 0.15) is 6.61 Å². The second-order valence-electron chi connectivity index (χ2n) is 9.76. The molecule has 0 aliphatic rings. The molecule has 0 spiro atoms. The molecule has 2 aromatic rings. The Morgan fingerprint density at radius 2 is 1.18 bits per heavy atom. The topological polar surface area (TPSA) is 94.6 Å². The van der Waals surface area contributed by atoms with Crippen LogP contribution in [0.2, 0.25) is 25.7 Å². The number of ether oxygens (including phenoxy) is 1. The molecule has 0 radical (unpaired) electrons. The van der Waals surface area contributed by atoms with Gasteiger partial charge in [-0.3, -0.25) is 0 Å². The third-order valence-corrected chi connectivity index (χ3v) is 12.7. The van der Waals surface area contributed by atoms with Crippen molar-refractivity contribution in [1.82, 2.24) is 0 Å². The minimum absolute atomic E-state index is 0.213. The molecule has 208 valence electrons. The van der Waals surface area contributed by atoms with Crippen molar-refractivity contribution in [3.63, 3.8) is 0 Å². The summed E-state index contributed by atoms with van der Waals surface area (Å²) in [7, 11) is -10.7. The van der Waals surface area contributed by atoms with Gasteiger partial charge in [0.25, 0.3) is 0 Å². The summed E-state index contributed by atoms with van der Waals surface area (Å²) in [6, 6.07) is 14.9. The number of sulfone groups is 2. The highest BCUT2D eigenvalue weighted by atomic mass is 32.3. The van der Waals surface area contributed by atoms with Gasteiger partial charge in [0.15, 0.2) is 23.8 Å². The predicted molar refractivity (Wildman–Crippen MR) is 143 cm³/mol. The van der Waals surface area contributed by atoms with Crippen LogP contribution in [0.3, 0.4) is 0 Å². The van der Waals surface area contributed by atoms with Gasteiger partial charge in [-0.25, -0.2) is 21.6 Å². The Labute approximate surface area is 223 Å². The average Bonchev–Trinajstić information content (AvgIpc) is 2.84. The third kappa shape index (κ3) is 7.67. The minimum Gasteiger partial charge on any atom is -0.455 e. The first kappa shape index (κ1) is 31.5. The molecule has 0 saturated carbocycles. The Hall–Kier alpha value is -2.70. The number of alkyl halides is 3. The third-order valence-electron chi connectivity index (χ3n) is 5.55. The fourth-order valence-corrected chi connectivity index (χ4v) is 9.29. The van der Waals surface area contributed by atoms with Crippen LogP contribution in [0.4, 0.5) is 13.2 Å². The van der Waals surface area contributed by atoms with Crippen LogP contribution in [-0.4, -0.2) is 47.7 Å². The van der Waals surface area contributed by atoms with Gasteiger partial charge in [0.2, 0.25) is 0 Å². The SMILES string of the molecule is C[Si](C)(C)C/C=C/CC(C/C=C\COC(=O)C(F)(F)F)(S(=O)(=O)c1ccccc1)S(=O)(=O)c1ccccc1. The van der Waals surface area contributed by atoms with Crippen LogP contribution in [0, 0.1) is 0 Å². The van der Waals surface area contributed by atoms with Crippen molar-refractivity contribution in [2.75, 3.05) is 6.61 Å². The molecule has 0 unspecified atom stereocenters. The van der Waals surface area contributed by atoms with Crippen LogP contribution in [0.1, 0.15) is 12.8 Å². The number of rotatable bonds is 12. The van der Waals surface area contributed by atoms with Crippen LogP contribution in [0.15, 0.2) is 94.8 Å². The lowest BCUT2D eigenvalue weighted by Gasteiger charge is -2.31. The zero-order chi connectivity index (χ0) is 28.7. The molecule has 0 bridgehead atoms. The maximum Gasteiger partial charge on any atom is 0.490 e. The van der Waals surface area contributed by atoms with Gasteiger partial charge in [-0.15, -0.1) is 0 Å². The number of carbonyl (C=O) groups excluding carboxylic acids is 1. The summed E-state index contributed by atoms with van der Waals surface area (Å²) in [5.74, 6) is -2.41. The van der Waals surface area contributed by atoms with E-state index in [9.17, 15) is 34.8 Å². The fourth-order valence-electron chi connectivity index (χ4n) is 3.53. The molecule has 2 aromatic carbocycles. The van der Waals surface area contributed by atoms with E-state index in [1.165, 1.54) is 54.6 Å². The number of carbonyl (C=O) groups is 1. The van der Waals surface area contributed by atoms with E-state index in [4.69, 9.17) is 0 Å². The van der Waals surface area contributed by atoms with E-state index in [0.717, 1.165) is 12.2 Å². The zero-order valence-corrected chi connectivity index (χ0v) is 23.9. The molecule has 12 heteroatoms. The van der Waals surface area contributed by atoms with Crippen molar-refractivity contribution < 1.29 is 39.5 Å². The van der Waals surface area contributed by atoms with Gasteiger partial charge in [0, 0.05) is 20.9 Å². The normalized spacial score (nSPS) is 13.7. The Bertz CT molecular complexity index is 1280. The summed E-state index contributed by atoms with van der Waals surface area (Å²) in [6.45, 7) is 5.52. The number of hydrogen-bond donors (Lipinski definition) is 0. The van der Waals surface area contributed by atoms with Gasteiger partial charge in [-0.1, -0.05) is 80.3 Å². The van der Waals surface area contributed by atoms with Gasteiger partial charge in [0.05, 0.1) is 9.79 Å². The largest absolute Gasteiger partial charge is 0.490 e. The molecule has 38 heavy (non-hydrogen) atoms. The molecule has 0 N–H and O–H groups in total. The first-order valence-electron chi connectivity index (χ1n) is 11.7. The first-order chi connectivity index (χ1) is 17.5. The molecule has 0 atom stereocenters. The summed E-state index contributed by atoms with van der Waals surface area (Å²) in [5, 5.41) is 0. The smallest absolute Gasteiger partial charge is 0.455 e. The van der Waals surface area contributed by atoms with Crippen LogP contribution in [0.5, 0.6) is 0 Å². The molecule has 0 fully saturated rings. The Balaban J connectivity index is 2.65. The molecule has 0 aliphatic carbocycles. The maximum atomic E-state index is 14.1. The van der Waals surface area contributed by atoms with Crippen LogP contribution in [-0.2, 0) is 29.2 Å². The zero-order valence-electron chi connectivity index (χ0n) is 21.3. The molecule has 0 aliphatic heterocycles. The molecule has 2 rings (SSSR count). The lowest BCUT2D eigenvalue weighted by molar-refractivity contribution is -0.198. The monoisotopic (exact) mass is 588 g/mol. The minimum atomic E-state index is -5.19. The second kappa shape index (κ2) is 12.4. The molecule has 6 nitrogen and oxygen atoms in total. The van der Waals surface area contributed by atoms with Crippen molar-refractivity contribution >= 4 is 33.7 Å². The molecular formula is C26H31F3O6S2Si. The van der Waals surface area contributed by atoms with Crippen LogP contribution >= 0.6 is 0 Å². The fraction of sp³-hybridized carbons (Fsp3) is 0.346. The number of esters is 1. The van der Waals surface area contributed by atoms with Crippen molar-refractivity contribution in [3.05, 3.63) is 85.0 Å². The Morgan fingerprint density at radius 1 is 0.763 bits per heavy atom. The van der Waals surface area contributed by atoms with Crippen molar-refractivity contribution in [2.24, 2.45) is 0 Å². The number of benzene rings is 2. The van der Waals surface area contributed by atoms with Gasteiger partial charge in [-0.2, -0.15) is 13.2 Å². The quantitative estimate of drug-likeness (QED) is 0.172. The first-order valence-corrected chi connectivity index (χ1v) is 18.4. The lowest BCUT2D eigenvalue weighted by atomic mass is 10.2. The predicted octanol–water partition coefficient (Wildman–Crippen LogP) is 5.97. The van der Waals surface area contributed by atoms with E-state index >= 15 is 0 Å². The maximum absolute atomic E-state index is 14.1. The molecule has 0 amide bonds. The van der Waals surface area contributed by atoms with Gasteiger partial charge in [-0.05, 0) is 30.3 Å². The Morgan fingerprint density at radius 3 is 1.58 bits per heavy atom. The summed E-state index contributed by atoms with van der Waals surface area (Å²) < 4.78 is 95.4. The average molecular weight is 589 g/mol. The molecular weight excluding hydrogens is 557 g/mol. The van der Waals surface area contributed by atoms with Gasteiger partial charge < -0.3 is 4.74 Å². The highest BCUT2D eigenvalue weighted by Crippen LogP contribution is 2.42. The van der Waals surface area contributed by atoms with E-state index in [1.54, 1.807) is 18.2 Å². The van der Waals surface area contributed by atoms with Crippen LogP contribution < -0.4 is 0 Å². The Kier molecular flexibility index (Phi) is 10.3. The highest BCUT2D eigenvalue weighted by molar-refractivity contribution is 8.10. The van der Waals surface area contributed by atoms with Crippen molar-refractivity contribution in [1.29, 1.82) is 0 Å². The number of halogens is 3. The summed E-state index contributed by atoms with van der Waals surface area (Å²) >= 11 is 0. The summed E-state index contributed by atoms with van der Waals surface area (Å²) in [4.78, 5) is 10.6. The molecule has 0 aromatic heterocycles. The highest BCUT2D eigenvalue weighted by Gasteiger charge is 2.54. The van der Waals surface area contributed by atoms with Gasteiger partial charge >= 0.3 is 12.1 Å². The standard InChI is InChI=1S/C26H31F3O6S2Si/c1-38(2,3)21-13-11-19-25(36(31,32)22-14-6-4-7-15-22,37(33,34)23-16-8-5-9-17-23)18-10-12-20-35-24(30)26(27,28)29/h4-17H,18-21H2,1-3H3/b12-10-,13-11+. The summed E-state index contributed by atoms with van der Waals surface area (Å²) in [5.41, 5.74) is 0. The van der Waals surface area contributed by atoms with Crippen molar-refractivity contribution in [3.8, 4) is 0 Å². The van der Waals surface area contributed by atoms with Crippen molar-refractivity contribution in [2.45, 2.75) is 58.6 Å².